The van der Waals surface area contributed by atoms with Gasteiger partial charge in [-0.15, -0.1) is 0 Å². The third-order valence-electron chi connectivity index (χ3n) is 3.57. The molecule has 1 fully saturated rings. The Morgan fingerprint density at radius 2 is 2.08 bits per heavy atom. The van der Waals surface area contributed by atoms with Crippen molar-refractivity contribution >= 4 is 29.3 Å². The van der Waals surface area contributed by atoms with Crippen molar-refractivity contribution in [2.24, 2.45) is 5.41 Å². The molecule has 8 heteroatoms. The molecule has 0 bridgehead atoms. The van der Waals surface area contributed by atoms with Gasteiger partial charge >= 0.3 is 12.1 Å². The lowest BCUT2D eigenvalue weighted by Gasteiger charge is -2.22. The number of hydrogen-bond donors (Lipinski definition) is 2. The number of nitrogens with one attached hydrogen (secondary N) is 1. The summed E-state index contributed by atoms with van der Waals surface area (Å²) in [6, 6.07) is 3.93. The first kappa shape index (κ1) is 17.7. The minimum atomic E-state index is -1.01. The highest BCUT2D eigenvalue weighted by Crippen LogP contribution is 2.28. The number of carbonyl (C=O) groups is 3. The lowest BCUT2D eigenvalue weighted by Crippen LogP contribution is -2.26. The van der Waals surface area contributed by atoms with E-state index in [1.807, 2.05) is 0 Å². The summed E-state index contributed by atoms with van der Waals surface area (Å²) in [6.07, 6.45) is -0.779. The monoisotopic (exact) mass is 338 g/mol. The van der Waals surface area contributed by atoms with Crippen LogP contribution in [0, 0.1) is 11.2 Å². The summed E-state index contributed by atoms with van der Waals surface area (Å²) in [5.41, 5.74) is -0.412. The molecule has 0 aromatic heterocycles. The molecule has 7 nitrogen and oxygen atoms in total. The Morgan fingerprint density at radius 1 is 1.38 bits per heavy atom. The van der Waals surface area contributed by atoms with E-state index >= 15 is 0 Å². The number of benzene rings is 1. The zero-order chi connectivity index (χ0) is 17.9. The van der Waals surface area contributed by atoms with Crippen LogP contribution in [-0.2, 0) is 14.3 Å². The van der Waals surface area contributed by atoms with Crippen LogP contribution in [0.15, 0.2) is 18.2 Å². The minimum absolute atomic E-state index is 0.0664. The molecule has 1 aliphatic heterocycles. The molecule has 2 amide bonds. The molecule has 24 heavy (non-hydrogen) atoms. The molecule has 130 valence electrons. The third-order valence-corrected chi connectivity index (χ3v) is 3.57. The number of hydrogen-bond acceptors (Lipinski definition) is 4. The molecule has 0 aliphatic carbocycles. The van der Waals surface area contributed by atoms with Crippen LogP contribution in [0.25, 0.3) is 0 Å². The van der Waals surface area contributed by atoms with Gasteiger partial charge in [-0.05, 0) is 23.6 Å². The summed E-state index contributed by atoms with van der Waals surface area (Å²) in [6.45, 7) is 3.90. The Morgan fingerprint density at radius 3 is 2.67 bits per heavy atom. The molecule has 1 aromatic rings. The number of rotatable bonds is 6. The summed E-state index contributed by atoms with van der Waals surface area (Å²) >= 11 is 0. The predicted octanol–water partition coefficient (Wildman–Crippen LogP) is 2.61. The Labute approximate surface area is 138 Å². The summed E-state index contributed by atoms with van der Waals surface area (Å²) < 4.78 is 18.7. The van der Waals surface area contributed by atoms with Crippen molar-refractivity contribution in [2.75, 3.05) is 23.4 Å². The first-order chi connectivity index (χ1) is 11.2. The van der Waals surface area contributed by atoms with Crippen LogP contribution in [0.3, 0.4) is 0 Å². The van der Waals surface area contributed by atoms with Gasteiger partial charge in [-0.25, -0.2) is 9.18 Å². The number of carbonyl (C=O) groups excluding carboxylic acids is 2. The Hall–Kier alpha value is -2.64. The summed E-state index contributed by atoms with van der Waals surface area (Å²) in [7, 11) is 0. The molecular weight excluding hydrogens is 319 g/mol. The van der Waals surface area contributed by atoms with Crippen molar-refractivity contribution in [3.05, 3.63) is 24.0 Å². The SMILES string of the molecule is CC(C)(CC(=O)O)CC(=O)Nc1cc(N2CCOC2=O)ccc1F. The van der Waals surface area contributed by atoms with E-state index < -0.39 is 29.2 Å². The average Bonchev–Trinajstić information content (AvgIpc) is 2.85. The van der Waals surface area contributed by atoms with Crippen molar-refractivity contribution in [3.63, 3.8) is 0 Å². The van der Waals surface area contributed by atoms with E-state index in [0.29, 0.717) is 12.2 Å². The quantitative estimate of drug-likeness (QED) is 0.831. The zero-order valence-corrected chi connectivity index (χ0v) is 13.5. The second-order valence-corrected chi connectivity index (χ2v) is 6.39. The summed E-state index contributed by atoms with van der Waals surface area (Å²) in [5.74, 6) is -2.15. The lowest BCUT2D eigenvalue weighted by atomic mass is 9.85. The van der Waals surface area contributed by atoms with Crippen LogP contribution >= 0.6 is 0 Å². The fraction of sp³-hybridized carbons (Fsp3) is 0.438. The highest BCUT2D eigenvalue weighted by Gasteiger charge is 2.27. The first-order valence-corrected chi connectivity index (χ1v) is 7.43. The normalized spacial score (nSPS) is 14.5. The van der Waals surface area contributed by atoms with Crippen molar-refractivity contribution in [2.45, 2.75) is 26.7 Å². The number of carboxylic acids is 1. The zero-order valence-electron chi connectivity index (χ0n) is 13.5. The van der Waals surface area contributed by atoms with Crippen LogP contribution < -0.4 is 10.2 Å². The van der Waals surface area contributed by atoms with Gasteiger partial charge in [0.1, 0.15) is 12.4 Å². The van der Waals surface area contributed by atoms with Crippen molar-refractivity contribution < 1.29 is 28.6 Å². The van der Waals surface area contributed by atoms with E-state index in [9.17, 15) is 18.8 Å². The number of carboxylic acid groups (broad SMARTS) is 1. The molecule has 0 unspecified atom stereocenters. The summed E-state index contributed by atoms with van der Waals surface area (Å²) in [5, 5.41) is 11.3. The number of aliphatic carboxylic acids is 1. The average molecular weight is 338 g/mol. The fourth-order valence-electron chi connectivity index (χ4n) is 2.51. The van der Waals surface area contributed by atoms with Gasteiger partial charge in [-0.1, -0.05) is 13.8 Å². The van der Waals surface area contributed by atoms with E-state index in [1.165, 1.54) is 17.0 Å². The number of cyclic esters (lactones) is 1. The van der Waals surface area contributed by atoms with Crippen molar-refractivity contribution in [3.8, 4) is 0 Å². The van der Waals surface area contributed by atoms with E-state index in [-0.39, 0.29) is 25.1 Å². The smallest absolute Gasteiger partial charge is 0.414 e. The minimum Gasteiger partial charge on any atom is -0.481 e. The van der Waals surface area contributed by atoms with Crippen LogP contribution in [0.2, 0.25) is 0 Å². The maximum absolute atomic E-state index is 13.9. The Bertz CT molecular complexity index is 674. The first-order valence-electron chi connectivity index (χ1n) is 7.43. The second kappa shape index (κ2) is 6.86. The number of anilines is 2. The van der Waals surface area contributed by atoms with Gasteiger partial charge in [-0.3, -0.25) is 14.5 Å². The highest BCUT2D eigenvalue weighted by molar-refractivity contribution is 5.94. The molecule has 0 spiro atoms. The molecule has 1 aliphatic rings. The third kappa shape index (κ3) is 4.43. The van der Waals surface area contributed by atoms with Gasteiger partial charge < -0.3 is 15.2 Å². The molecular formula is C16H19FN2O5. The van der Waals surface area contributed by atoms with E-state index in [4.69, 9.17) is 9.84 Å². The number of amides is 2. The van der Waals surface area contributed by atoms with Gasteiger partial charge in [0, 0.05) is 12.1 Å². The molecule has 1 heterocycles. The lowest BCUT2D eigenvalue weighted by molar-refractivity contribution is -0.139. The van der Waals surface area contributed by atoms with E-state index in [2.05, 4.69) is 5.32 Å². The molecule has 0 saturated carbocycles. The van der Waals surface area contributed by atoms with Crippen LogP contribution in [0.5, 0.6) is 0 Å². The Balaban J connectivity index is 2.10. The van der Waals surface area contributed by atoms with Gasteiger partial charge in [0.15, 0.2) is 0 Å². The highest BCUT2D eigenvalue weighted by atomic mass is 19.1. The van der Waals surface area contributed by atoms with Gasteiger partial charge in [-0.2, -0.15) is 0 Å². The second-order valence-electron chi connectivity index (χ2n) is 6.39. The maximum Gasteiger partial charge on any atom is 0.414 e. The number of ether oxygens (including phenoxy) is 1. The van der Waals surface area contributed by atoms with Gasteiger partial charge in [0.05, 0.1) is 18.7 Å². The molecule has 0 atom stereocenters. The predicted molar refractivity (Wildman–Crippen MR) is 84.4 cm³/mol. The number of nitrogens with zero attached hydrogens (tertiary/aromatic N) is 1. The Kier molecular flexibility index (Phi) is 5.06. The fourth-order valence-corrected chi connectivity index (χ4v) is 2.51. The van der Waals surface area contributed by atoms with Crippen molar-refractivity contribution in [1.82, 2.24) is 0 Å². The van der Waals surface area contributed by atoms with Crippen molar-refractivity contribution in [1.29, 1.82) is 0 Å². The maximum atomic E-state index is 13.9. The van der Waals surface area contributed by atoms with E-state index in [1.54, 1.807) is 13.8 Å². The largest absolute Gasteiger partial charge is 0.481 e. The van der Waals surface area contributed by atoms with Gasteiger partial charge in [0.2, 0.25) is 5.91 Å². The molecule has 0 radical (unpaired) electrons. The van der Waals surface area contributed by atoms with Crippen LogP contribution in [0.1, 0.15) is 26.7 Å². The standard InChI is InChI=1S/C16H19FN2O5/c1-16(2,9-14(21)22)8-13(20)18-12-7-10(3-4-11(12)17)19-5-6-24-15(19)23/h3-4,7H,5-6,8-9H2,1-2H3,(H,18,20)(H,21,22). The molecule has 1 aromatic carbocycles. The van der Waals surface area contributed by atoms with Gasteiger partial charge in [0.25, 0.3) is 0 Å². The van der Waals surface area contributed by atoms with Crippen LogP contribution in [-0.4, -0.2) is 36.2 Å². The number of halogens is 1. The molecule has 2 rings (SSSR count). The topological polar surface area (TPSA) is 95.9 Å². The molecule has 2 N–H and O–H groups in total. The summed E-state index contributed by atoms with van der Waals surface area (Å²) in [4.78, 5) is 35.8. The molecule has 1 saturated heterocycles. The van der Waals surface area contributed by atoms with E-state index in [0.717, 1.165) is 6.07 Å². The van der Waals surface area contributed by atoms with Crippen LogP contribution in [0.4, 0.5) is 20.6 Å².